The SMILES string of the molecule is CN(C)C1CC(n2ccc3cc(N4CCCC4)ccc32)C1. The second kappa shape index (κ2) is 5.06. The topological polar surface area (TPSA) is 11.4 Å². The maximum atomic E-state index is 2.52. The zero-order valence-electron chi connectivity index (χ0n) is 13.1. The third kappa shape index (κ3) is 2.24. The van der Waals surface area contributed by atoms with Gasteiger partial charge in [0, 0.05) is 48.0 Å². The number of aromatic nitrogens is 1. The monoisotopic (exact) mass is 283 g/mol. The minimum absolute atomic E-state index is 0.688. The molecule has 1 aliphatic carbocycles. The van der Waals surface area contributed by atoms with E-state index in [0.29, 0.717) is 6.04 Å². The van der Waals surface area contributed by atoms with Crippen molar-refractivity contribution in [1.29, 1.82) is 0 Å². The van der Waals surface area contributed by atoms with Gasteiger partial charge in [-0.05, 0) is 64.0 Å². The van der Waals surface area contributed by atoms with Crippen molar-refractivity contribution >= 4 is 16.6 Å². The second-order valence-electron chi connectivity index (χ2n) is 6.90. The van der Waals surface area contributed by atoms with E-state index < -0.39 is 0 Å². The van der Waals surface area contributed by atoms with Gasteiger partial charge in [0.2, 0.25) is 0 Å². The Morgan fingerprint density at radius 2 is 1.81 bits per heavy atom. The van der Waals surface area contributed by atoms with Gasteiger partial charge in [-0.2, -0.15) is 0 Å². The molecule has 0 spiro atoms. The Balaban J connectivity index is 1.58. The molecule has 4 rings (SSSR count). The summed E-state index contributed by atoms with van der Waals surface area (Å²) in [6.45, 7) is 2.44. The maximum absolute atomic E-state index is 2.52. The lowest BCUT2D eigenvalue weighted by Gasteiger charge is -2.40. The van der Waals surface area contributed by atoms with Crippen molar-refractivity contribution in [3.63, 3.8) is 0 Å². The first-order valence-corrected chi connectivity index (χ1v) is 8.24. The van der Waals surface area contributed by atoms with Gasteiger partial charge in [0.25, 0.3) is 0 Å². The second-order valence-corrected chi connectivity index (χ2v) is 6.90. The van der Waals surface area contributed by atoms with Crippen LogP contribution in [0.4, 0.5) is 5.69 Å². The molecule has 2 aromatic rings. The van der Waals surface area contributed by atoms with Crippen LogP contribution in [0.15, 0.2) is 30.5 Å². The lowest BCUT2D eigenvalue weighted by molar-refractivity contribution is 0.132. The molecule has 0 amide bonds. The first-order chi connectivity index (χ1) is 10.2. The minimum Gasteiger partial charge on any atom is -0.372 e. The number of fused-ring (bicyclic) bond motifs is 1. The Labute approximate surface area is 127 Å². The molecule has 2 heterocycles. The normalized spacial score (nSPS) is 25.8. The van der Waals surface area contributed by atoms with Crippen LogP contribution in [-0.2, 0) is 0 Å². The van der Waals surface area contributed by atoms with Gasteiger partial charge in [-0.3, -0.25) is 0 Å². The Morgan fingerprint density at radius 1 is 1.05 bits per heavy atom. The van der Waals surface area contributed by atoms with Gasteiger partial charge in [0.05, 0.1) is 0 Å². The predicted octanol–water partition coefficient (Wildman–Crippen LogP) is 3.51. The molecule has 3 nitrogen and oxygen atoms in total. The molecule has 1 saturated heterocycles. The van der Waals surface area contributed by atoms with E-state index in [0.717, 1.165) is 6.04 Å². The molecule has 0 atom stereocenters. The van der Waals surface area contributed by atoms with Gasteiger partial charge >= 0.3 is 0 Å². The van der Waals surface area contributed by atoms with Crippen LogP contribution in [-0.4, -0.2) is 42.7 Å². The first kappa shape index (κ1) is 13.2. The van der Waals surface area contributed by atoms with E-state index in [1.54, 1.807) is 0 Å². The fourth-order valence-corrected chi connectivity index (χ4v) is 3.85. The van der Waals surface area contributed by atoms with E-state index in [1.165, 1.54) is 55.4 Å². The molecule has 2 aliphatic rings. The van der Waals surface area contributed by atoms with Crippen molar-refractivity contribution in [2.45, 2.75) is 37.8 Å². The Hall–Kier alpha value is -1.48. The van der Waals surface area contributed by atoms with Gasteiger partial charge in [-0.25, -0.2) is 0 Å². The van der Waals surface area contributed by atoms with E-state index in [1.807, 2.05) is 0 Å². The molecule has 0 radical (unpaired) electrons. The summed E-state index contributed by atoms with van der Waals surface area (Å²) >= 11 is 0. The predicted molar refractivity (Wildman–Crippen MR) is 89.1 cm³/mol. The molecule has 1 aromatic carbocycles. The highest BCUT2D eigenvalue weighted by Crippen LogP contribution is 2.38. The summed E-state index contributed by atoms with van der Waals surface area (Å²) in [5.74, 6) is 0. The number of benzene rings is 1. The van der Waals surface area contributed by atoms with Crippen molar-refractivity contribution in [2.24, 2.45) is 0 Å². The molecule has 2 fully saturated rings. The zero-order chi connectivity index (χ0) is 14.4. The molecular formula is C18H25N3. The van der Waals surface area contributed by atoms with Crippen molar-refractivity contribution < 1.29 is 0 Å². The number of rotatable bonds is 3. The summed E-state index contributed by atoms with van der Waals surface area (Å²) in [6, 6.07) is 10.7. The van der Waals surface area contributed by atoms with Crippen LogP contribution in [0, 0.1) is 0 Å². The molecule has 1 saturated carbocycles. The maximum Gasteiger partial charge on any atom is 0.0484 e. The summed E-state index contributed by atoms with van der Waals surface area (Å²) in [5.41, 5.74) is 2.80. The van der Waals surface area contributed by atoms with Crippen LogP contribution in [0.3, 0.4) is 0 Å². The summed E-state index contributed by atoms with van der Waals surface area (Å²) in [4.78, 5) is 4.87. The van der Waals surface area contributed by atoms with Crippen LogP contribution >= 0.6 is 0 Å². The molecule has 0 N–H and O–H groups in total. The molecular weight excluding hydrogens is 258 g/mol. The number of hydrogen-bond donors (Lipinski definition) is 0. The molecule has 1 aliphatic heterocycles. The molecule has 112 valence electrons. The van der Waals surface area contributed by atoms with E-state index >= 15 is 0 Å². The first-order valence-electron chi connectivity index (χ1n) is 8.24. The van der Waals surface area contributed by atoms with E-state index in [9.17, 15) is 0 Å². The molecule has 21 heavy (non-hydrogen) atoms. The third-order valence-electron chi connectivity index (χ3n) is 5.39. The zero-order valence-corrected chi connectivity index (χ0v) is 13.1. The van der Waals surface area contributed by atoms with Crippen molar-refractivity contribution in [2.75, 3.05) is 32.1 Å². The van der Waals surface area contributed by atoms with Crippen molar-refractivity contribution in [1.82, 2.24) is 9.47 Å². The Kier molecular flexibility index (Phi) is 3.18. The lowest BCUT2D eigenvalue weighted by Crippen LogP contribution is -2.41. The highest BCUT2D eigenvalue weighted by atomic mass is 15.2. The van der Waals surface area contributed by atoms with Crippen LogP contribution < -0.4 is 4.90 Å². The molecule has 0 unspecified atom stereocenters. The molecule has 3 heteroatoms. The summed E-state index contributed by atoms with van der Waals surface area (Å²) < 4.78 is 2.49. The van der Waals surface area contributed by atoms with Crippen LogP contribution in [0.5, 0.6) is 0 Å². The molecule has 1 aromatic heterocycles. The summed E-state index contributed by atoms with van der Waals surface area (Å²) in [6.07, 6.45) is 7.53. The molecule has 0 bridgehead atoms. The highest BCUT2D eigenvalue weighted by molar-refractivity contribution is 5.84. The number of hydrogen-bond acceptors (Lipinski definition) is 2. The van der Waals surface area contributed by atoms with E-state index in [4.69, 9.17) is 0 Å². The summed E-state index contributed by atoms with van der Waals surface area (Å²) in [7, 11) is 4.38. The lowest BCUT2D eigenvalue weighted by atomic mass is 9.85. The Morgan fingerprint density at radius 3 is 2.52 bits per heavy atom. The van der Waals surface area contributed by atoms with Gasteiger partial charge in [0.15, 0.2) is 0 Å². The van der Waals surface area contributed by atoms with Crippen LogP contribution in [0.2, 0.25) is 0 Å². The van der Waals surface area contributed by atoms with E-state index in [2.05, 4.69) is 58.9 Å². The highest BCUT2D eigenvalue weighted by Gasteiger charge is 2.32. The van der Waals surface area contributed by atoms with Gasteiger partial charge < -0.3 is 14.4 Å². The standard InChI is InChI=1S/C18H25N3/c1-19(2)16-12-17(13-16)21-10-7-14-11-15(5-6-18(14)21)20-8-3-4-9-20/h5-7,10-11,16-17H,3-4,8-9,12-13H2,1-2H3. The number of nitrogens with zero attached hydrogens (tertiary/aromatic N) is 3. The van der Waals surface area contributed by atoms with Gasteiger partial charge in [-0.15, -0.1) is 0 Å². The van der Waals surface area contributed by atoms with Crippen LogP contribution in [0.25, 0.3) is 10.9 Å². The number of anilines is 1. The fourth-order valence-electron chi connectivity index (χ4n) is 3.85. The van der Waals surface area contributed by atoms with Gasteiger partial charge in [0.1, 0.15) is 0 Å². The third-order valence-corrected chi connectivity index (χ3v) is 5.39. The Bertz CT molecular complexity index is 631. The van der Waals surface area contributed by atoms with Crippen molar-refractivity contribution in [3.8, 4) is 0 Å². The quantitative estimate of drug-likeness (QED) is 0.854. The van der Waals surface area contributed by atoms with Gasteiger partial charge in [-0.1, -0.05) is 0 Å². The van der Waals surface area contributed by atoms with Crippen molar-refractivity contribution in [3.05, 3.63) is 30.5 Å². The smallest absolute Gasteiger partial charge is 0.0484 e. The largest absolute Gasteiger partial charge is 0.372 e. The average molecular weight is 283 g/mol. The fraction of sp³-hybridized carbons (Fsp3) is 0.556. The summed E-state index contributed by atoms with van der Waals surface area (Å²) in [5, 5.41) is 1.40. The minimum atomic E-state index is 0.688. The van der Waals surface area contributed by atoms with E-state index in [-0.39, 0.29) is 0 Å². The van der Waals surface area contributed by atoms with Crippen LogP contribution in [0.1, 0.15) is 31.7 Å². The average Bonchev–Trinajstić information content (AvgIpc) is 3.05.